The minimum atomic E-state index is -0.253. The summed E-state index contributed by atoms with van der Waals surface area (Å²) in [5.41, 5.74) is 0.927. The van der Waals surface area contributed by atoms with E-state index in [0.29, 0.717) is 22.8 Å². The van der Waals surface area contributed by atoms with Crippen LogP contribution in [0.15, 0.2) is 58.3 Å². The van der Waals surface area contributed by atoms with Gasteiger partial charge in [0.1, 0.15) is 0 Å². The molecule has 0 saturated heterocycles. The smallest absolute Gasteiger partial charge is 0.233 e. The average Bonchev–Trinajstić information content (AvgIpc) is 3.12. The van der Waals surface area contributed by atoms with Gasteiger partial charge in [-0.1, -0.05) is 30.0 Å². The first-order valence-corrected chi connectivity index (χ1v) is 9.12. The molecule has 3 aromatic rings. The van der Waals surface area contributed by atoms with E-state index in [1.807, 2.05) is 54.0 Å². The van der Waals surface area contributed by atoms with Gasteiger partial charge in [0.2, 0.25) is 11.7 Å². The number of thioether (sulfide) groups is 1. The van der Waals surface area contributed by atoms with Crippen molar-refractivity contribution in [3.05, 3.63) is 48.7 Å². The lowest BCUT2D eigenvalue weighted by atomic mass is 10.3. The van der Waals surface area contributed by atoms with Gasteiger partial charge in [-0.05, 0) is 44.0 Å². The SMILES string of the molecule is CC(Sc1nnc(-c2ccco2)n1-c1ccccc1)C(=O)NC1CC1. The Hall–Kier alpha value is -2.54. The Kier molecular flexibility index (Phi) is 4.31. The Morgan fingerprint density at radius 2 is 2.04 bits per heavy atom. The van der Waals surface area contributed by atoms with Crippen molar-refractivity contribution in [2.75, 3.05) is 0 Å². The van der Waals surface area contributed by atoms with Gasteiger partial charge < -0.3 is 9.73 Å². The molecule has 25 heavy (non-hydrogen) atoms. The van der Waals surface area contributed by atoms with Gasteiger partial charge in [-0.25, -0.2) is 0 Å². The van der Waals surface area contributed by atoms with Crippen molar-refractivity contribution >= 4 is 17.7 Å². The molecule has 1 aliphatic rings. The number of nitrogens with one attached hydrogen (secondary N) is 1. The van der Waals surface area contributed by atoms with Crippen molar-refractivity contribution in [2.24, 2.45) is 0 Å². The molecule has 1 atom stereocenters. The summed E-state index contributed by atoms with van der Waals surface area (Å²) in [6.45, 7) is 1.89. The number of benzene rings is 1. The molecule has 0 radical (unpaired) electrons. The van der Waals surface area contributed by atoms with E-state index >= 15 is 0 Å². The van der Waals surface area contributed by atoms with E-state index < -0.39 is 0 Å². The van der Waals surface area contributed by atoms with Crippen LogP contribution in [0.3, 0.4) is 0 Å². The summed E-state index contributed by atoms with van der Waals surface area (Å²) in [6, 6.07) is 13.8. The molecule has 2 aromatic heterocycles. The fourth-order valence-corrected chi connectivity index (χ4v) is 3.36. The van der Waals surface area contributed by atoms with E-state index in [2.05, 4.69) is 15.5 Å². The Morgan fingerprint density at radius 3 is 2.72 bits per heavy atom. The van der Waals surface area contributed by atoms with E-state index in [1.54, 1.807) is 6.26 Å². The first-order chi connectivity index (χ1) is 12.2. The summed E-state index contributed by atoms with van der Waals surface area (Å²) in [4.78, 5) is 12.3. The van der Waals surface area contributed by atoms with Crippen LogP contribution < -0.4 is 5.32 Å². The van der Waals surface area contributed by atoms with Crippen LogP contribution in [0.4, 0.5) is 0 Å². The van der Waals surface area contributed by atoms with E-state index in [9.17, 15) is 4.79 Å². The zero-order valence-corrected chi connectivity index (χ0v) is 14.6. The number of aromatic nitrogens is 3. The molecular weight excluding hydrogens is 336 g/mol. The van der Waals surface area contributed by atoms with Crippen LogP contribution in [-0.4, -0.2) is 32.0 Å². The zero-order chi connectivity index (χ0) is 17.2. The summed E-state index contributed by atoms with van der Waals surface area (Å²) < 4.78 is 7.42. The maximum absolute atomic E-state index is 12.3. The fourth-order valence-electron chi connectivity index (χ4n) is 2.48. The average molecular weight is 354 g/mol. The van der Waals surface area contributed by atoms with Crippen LogP contribution in [-0.2, 0) is 4.79 Å². The van der Waals surface area contributed by atoms with Gasteiger partial charge >= 0.3 is 0 Å². The van der Waals surface area contributed by atoms with Crippen molar-refractivity contribution in [1.29, 1.82) is 0 Å². The standard InChI is InChI=1S/C18H18N4O2S/c1-12(17(23)19-13-9-10-13)25-18-21-20-16(15-8-5-11-24-15)22(18)14-6-3-2-4-7-14/h2-8,11-13H,9-10H2,1H3,(H,19,23). The molecule has 1 aliphatic carbocycles. The second kappa shape index (κ2) is 6.76. The lowest BCUT2D eigenvalue weighted by molar-refractivity contribution is -0.120. The molecule has 1 fully saturated rings. The molecule has 6 nitrogen and oxygen atoms in total. The van der Waals surface area contributed by atoms with E-state index in [4.69, 9.17) is 4.42 Å². The highest BCUT2D eigenvalue weighted by Gasteiger charge is 2.27. The Morgan fingerprint density at radius 1 is 1.24 bits per heavy atom. The maximum atomic E-state index is 12.3. The Bertz CT molecular complexity index is 857. The third kappa shape index (κ3) is 3.46. The molecule has 1 saturated carbocycles. The molecule has 7 heteroatoms. The van der Waals surface area contributed by atoms with Crippen LogP contribution >= 0.6 is 11.8 Å². The molecule has 1 unspecified atom stereocenters. The fraction of sp³-hybridized carbons (Fsp3) is 0.278. The normalized spacial score (nSPS) is 15.1. The zero-order valence-electron chi connectivity index (χ0n) is 13.8. The second-order valence-electron chi connectivity index (χ2n) is 6.00. The van der Waals surface area contributed by atoms with Crippen molar-refractivity contribution < 1.29 is 9.21 Å². The molecule has 4 rings (SSSR count). The molecule has 1 N–H and O–H groups in total. The van der Waals surface area contributed by atoms with Gasteiger partial charge in [0.15, 0.2) is 10.9 Å². The van der Waals surface area contributed by atoms with E-state index in [-0.39, 0.29) is 11.2 Å². The number of para-hydroxylation sites is 1. The van der Waals surface area contributed by atoms with Gasteiger partial charge in [-0.2, -0.15) is 0 Å². The number of furan rings is 1. The number of amides is 1. The lowest BCUT2D eigenvalue weighted by Gasteiger charge is -2.13. The number of hydrogen-bond acceptors (Lipinski definition) is 5. The molecule has 2 heterocycles. The van der Waals surface area contributed by atoms with Crippen molar-refractivity contribution in [3.8, 4) is 17.3 Å². The number of carbonyl (C=O) groups excluding carboxylic acids is 1. The van der Waals surface area contributed by atoms with Crippen LogP contribution in [0.2, 0.25) is 0 Å². The van der Waals surface area contributed by atoms with Gasteiger partial charge in [0.25, 0.3) is 0 Å². The van der Waals surface area contributed by atoms with E-state index in [0.717, 1.165) is 18.5 Å². The van der Waals surface area contributed by atoms with Crippen molar-refractivity contribution in [1.82, 2.24) is 20.1 Å². The molecule has 0 spiro atoms. The quantitative estimate of drug-likeness (QED) is 0.688. The van der Waals surface area contributed by atoms with Crippen LogP contribution in [0.5, 0.6) is 0 Å². The highest BCUT2D eigenvalue weighted by atomic mass is 32.2. The third-order valence-corrected chi connectivity index (χ3v) is 5.01. The summed E-state index contributed by atoms with van der Waals surface area (Å²) in [5, 5.41) is 12.0. The molecular formula is C18H18N4O2S. The van der Waals surface area contributed by atoms with Gasteiger partial charge in [0.05, 0.1) is 11.5 Å². The maximum Gasteiger partial charge on any atom is 0.233 e. The minimum absolute atomic E-state index is 0.0367. The topological polar surface area (TPSA) is 73.0 Å². The summed E-state index contributed by atoms with van der Waals surface area (Å²) in [5.74, 6) is 1.29. The minimum Gasteiger partial charge on any atom is -0.461 e. The second-order valence-corrected chi connectivity index (χ2v) is 7.31. The Labute approximate surface area is 149 Å². The van der Waals surface area contributed by atoms with Gasteiger partial charge in [-0.3, -0.25) is 9.36 Å². The highest BCUT2D eigenvalue weighted by Crippen LogP contribution is 2.30. The first-order valence-electron chi connectivity index (χ1n) is 8.24. The number of hydrogen-bond donors (Lipinski definition) is 1. The van der Waals surface area contributed by atoms with E-state index in [1.165, 1.54) is 11.8 Å². The first kappa shape index (κ1) is 16.0. The number of rotatable bonds is 6. The molecule has 0 aliphatic heterocycles. The molecule has 0 bridgehead atoms. The Balaban J connectivity index is 1.66. The molecule has 1 aromatic carbocycles. The summed E-state index contributed by atoms with van der Waals surface area (Å²) in [6.07, 6.45) is 3.76. The van der Waals surface area contributed by atoms with Gasteiger partial charge in [0, 0.05) is 11.7 Å². The highest BCUT2D eigenvalue weighted by molar-refractivity contribution is 8.00. The largest absolute Gasteiger partial charge is 0.461 e. The van der Waals surface area contributed by atoms with Crippen molar-refractivity contribution in [3.63, 3.8) is 0 Å². The third-order valence-electron chi connectivity index (χ3n) is 3.96. The number of nitrogens with zero attached hydrogens (tertiary/aromatic N) is 3. The molecule has 1 amide bonds. The summed E-state index contributed by atoms with van der Waals surface area (Å²) >= 11 is 1.40. The predicted molar refractivity (Wildman–Crippen MR) is 95.5 cm³/mol. The predicted octanol–water partition coefficient (Wildman–Crippen LogP) is 3.29. The lowest BCUT2D eigenvalue weighted by Crippen LogP contribution is -2.32. The van der Waals surface area contributed by atoms with Crippen LogP contribution in [0, 0.1) is 0 Å². The van der Waals surface area contributed by atoms with Crippen molar-refractivity contribution in [2.45, 2.75) is 36.2 Å². The van der Waals surface area contributed by atoms with Crippen LogP contribution in [0.1, 0.15) is 19.8 Å². The van der Waals surface area contributed by atoms with Crippen LogP contribution in [0.25, 0.3) is 17.3 Å². The number of carbonyl (C=O) groups is 1. The van der Waals surface area contributed by atoms with Gasteiger partial charge in [-0.15, -0.1) is 10.2 Å². The molecule has 128 valence electrons. The summed E-state index contributed by atoms with van der Waals surface area (Å²) in [7, 11) is 0. The monoisotopic (exact) mass is 354 g/mol.